The first-order chi connectivity index (χ1) is 13.1. The van der Waals surface area contributed by atoms with Crippen LogP contribution in [0.25, 0.3) is 0 Å². The number of sulfonamides is 1. The van der Waals surface area contributed by atoms with Gasteiger partial charge in [0.25, 0.3) is 0 Å². The highest BCUT2D eigenvalue weighted by Gasteiger charge is 2.29. The third-order valence-corrected chi connectivity index (χ3v) is 5.30. The molecule has 2 aromatic rings. The van der Waals surface area contributed by atoms with Gasteiger partial charge in [0, 0.05) is 10.7 Å². The largest absolute Gasteiger partial charge is 0.462 e. The van der Waals surface area contributed by atoms with Crippen molar-refractivity contribution in [3.8, 4) is 0 Å². The minimum absolute atomic E-state index is 0.233. The number of nitrogens with zero attached hydrogens (tertiary/aromatic N) is 1. The van der Waals surface area contributed by atoms with E-state index in [0.717, 1.165) is 10.6 Å². The molecule has 0 fully saturated rings. The number of rotatable bonds is 7. The number of esters is 1. The zero-order chi connectivity index (χ0) is 20.9. The molecule has 0 bridgehead atoms. The Morgan fingerprint density at radius 1 is 1.18 bits per heavy atom. The van der Waals surface area contributed by atoms with Crippen molar-refractivity contribution >= 4 is 44.9 Å². The van der Waals surface area contributed by atoms with E-state index in [-0.39, 0.29) is 12.2 Å². The fourth-order valence-electron chi connectivity index (χ4n) is 2.58. The first kappa shape index (κ1) is 21.7. The van der Waals surface area contributed by atoms with Gasteiger partial charge in [-0.15, -0.1) is 0 Å². The number of hydrogen-bond donors (Lipinski definition) is 1. The summed E-state index contributed by atoms with van der Waals surface area (Å²) in [4.78, 5) is 24.5. The summed E-state index contributed by atoms with van der Waals surface area (Å²) in [7, 11) is -3.74. The quantitative estimate of drug-likeness (QED) is 0.688. The van der Waals surface area contributed by atoms with Gasteiger partial charge in [-0.3, -0.25) is 9.10 Å². The average molecular weight is 425 g/mol. The van der Waals surface area contributed by atoms with Gasteiger partial charge in [-0.05, 0) is 56.3 Å². The topological polar surface area (TPSA) is 92.8 Å². The lowest BCUT2D eigenvalue weighted by atomic mass is 10.2. The molecule has 1 N–H and O–H groups in total. The molecule has 0 aromatic heterocycles. The van der Waals surface area contributed by atoms with Crippen LogP contribution in [-0.4, -0.2) is 39.2 Å². The number of carbonyl (C=O) groups excluding carboxylic acids is 2. The summed E-state index contributed by atoms with van der Waals surface area (Å²) in [6.45, 7) is 3.40. The van der Waals surface area contributed by atoms with E-state index in [9.17, 15) is 18.0 Å². The van der Waals surface area contributed by atoms with Gasteiger partial charge in [-0.2, -0.15) is 0 Å². The summed E-state index contributed by atoms with van der Waals surface area (Å²) < 4.78 is 30.5. The molecule has 0 saturated carbocycles. The van der Waals surface area contributed by atoms with Crippen molar-refractivity contribution in [1.29, 1.82) is 0 Å². The maximum Gasteiger partial charge on any atom is 0.338 e. The number of carbonyl (C=O) groups is 2. The molecule has 28 heavy (non-hydrogen) atoms. The van der Waals surface area contributed by atoms with Crippen LogP contribution >= 0.6 is 11.6 Å². The molecule has 1 atom stereocenters. The van der Waals surface area contributed by atoms with Gasteiger partial charge >= 0.3 is 5.97 Å². The molecule has 2 aromatic carbocycles. The van der Waals surface area contributed by atoms with E-state index in [4.69, 9.17) is 16.3 Å². The van der Waals surface area contributed by atoms with Crippen LogP contribution in [0.15, 0.2) is 48.5 Å². The molecule has 150 valence electrons. The first-order valence-corrected chi connectivity index (χ1v) is 10.7. The molecule has 9 heteroatoms. The monoisotopic (exact) mass is 424 g/mol. The van der Waals surface area contributed by atoms with Crippen LogP contribution in [0.3, 0.4) is 0 Å². The molecule has 1 amide bonds. The van der Waals surface area contributed by atoms with E-state index in [1.165, 1.54) is 25.1 Å². The van der Waals surface area contributed by atoms with E-state index in [1.807, 2.05) is 0 Å². The molecular weight excluding hydrogens is 404 g/mol. The van der Waals surface area contributed by atoms with Gasteiger partial charge < -0.3 is 10.1 Å². The number of hydrogen-bond acceptors (Lipinski definition) is 5. The highest BCUT2D eigenvalue weighted by atomic mass is 35.5. The van der Waals surface area contributed by atoms with Gasteiger partial charge in [0.1, 0.15) is 6.04 Å². The summed E-state index contributed by atoms with van der Waals surface area (Å²) in [5.41, 5.74) is 0.951. The van der Waals surface area contributed by atoms with Crippen LogP contribution in [0.4, 0.5) is 11.4 Å². The Labute approximate surface area is 169 Å². The standard InChI is InChI=1S/C19H21ClN2O5S/c1-4-27-19(24)14-6-5-7-16(12-14)21-18(23)13(2)22(28(3,25)26)17-10-8-15(20)9-11-17/h5-13H,4H2,1-3H3,(H,21,23). The van der Waals surface area contributed by atoms with Crippen LogP contribution in [0.1, 0.15) is 24.2 Å². The maximum atomic E-state index is 12.7. The molecule has 0 aliphatic carbocycles. The van der Waals surface area contributed by atoms with Crippen LogP contribution < -0.4 is 9.62 Å². The Balaban J connectivity index is 2.25. The highest BCUT2D eigenvalue weighted by molar-refractivity contribution is 7.92. The second-order valence-corrected chi connectivity index (χ2v) is 8.30. The predicted molar refractivity (Wildman–Crippen MR) is 109 cm³/mol. The second kappa shape index (κ2) is 9.07. The summed E-state index contributed by atoms with van der Waals surface area (Å²) in [6.07, 6.45) is 1.02. The van der Waals surface area contributed by atoms with E-state index in [0.29, 0.717) is 16.4 Å². The van der Waals surface area contributed by atoms with Crippen molar-refractivity contribution < 1.29 is 22.7 Å². The molecule has 0 aliphatic rings. The summed E-state index contributed by atoms with van der Waals surface area (Å²) >= 11 is 5.86. The Kier molecular flexibility index (Phi) is 7.04. The SMILES string of the molecule is CCOC(=O)c1cccc(NC(=O)C(C)N(c2ccc(Cl)cc2)S(C)(=O)=O)c1. The van der Waals surface area contributed by atoms with Gasteiger partial charge in [0.15, 0.2) is 0 Å². The fraction of sp³-hybridized carbons (Fsp3) is 0.263. The van der Waals surface area contributed by atoms with Crippen molar-refractivity contribution in [1.82, 2.24) is 0 Å². The van der Waals surface area contributed by atoms with Crippen LogP contribution in [0.5, 0.6) is 0 Å². The third kappa shape index (κ3) is 5.46. The minimum Gasteiger partial charge on any atom is -0.462 e. The van der Waals surface area contributed by atoms with Gasteiger partial charge in [-0.25, -0.2) is 13.2 Å². The number of amides is 1. The lowest BCUT2D eigenvalue weighted by molar-refractivity contribution is -0.116. The molecule has 0 saturated heterocycles. The summed E-state index contributed by atoms with van der Waals surface area (Å²) in [5, 5.41) is 3.08. The first-order valence-electron chi connectivity index (χ1n) is 8.46. The van der Waals surface area contributed by atoms with Gasteiger partial charge in [-0.1, -0.05) is 17.7 Å². The van der Waals surface area contributed by atoms with Crippen molar-refractivity contribution in [3.05, 3.63) is 59.1 Å². The van der Waals surface area contributed by atoms with Crippen LogP contribution in [-0.2, 0) is 19.6 Å². The molecule has 1 unspecified atom stereocenters. The van der Waals surface area contributed by atoms with E-state index >= 15 is 0 Å². The van der Waals surface area contributed by atoms with E-state index in [1.54, 1.807) is 37.3 Å². The summed E-state index contributed by atoms with van der Waals surface area (Å²) in [5.74, 6) is -1.06. The third-order valence-electron chi connectivity index (χ3n) is 3.81. The minimum atomic E-state index is -3.74. The number of ether oxygens (including phenoxy) is 1. The van der Waals surface area contributed by atoms with Crippen molar-refractivity contribution in [2.45, 2.75) is 19.9 Å². The molecule has 2 rings (SSSR count). The lowest BCUT2D eigenvalue weighted by Gasteiger charge is -2.28. The van der Waals surface area contributed by atoms with Gasteiger partial charge in [0.05, 0.1) is 24.1 Å². The maximum absolute atomic E-state index is 12.7. The molecule has 7 nitrogen and oxygen atoms in total. The summed E-state index contributed by atoms with van der Waals surface area (Å²) in [6, 6.07) is 11.3. The van der Waals surface area contributed by atoms with Crippen LogP contribution in [0.2, 0.25) is 5.02 Å². The Morgan fingerprint density at radius 2 is 1.82 bits per heavy atom. The van der Waals surface area contributed by atoms with Gasteiger partial charge in [0.2, 0.25) is 15.9 Å². The van der Waals surface area contributed by atoms with Crippen molar-refractivity contribution in [2.24, 2.45) is 0 Å². The Bertz CT molecular complexity index is 961. The van der Waals surface area contributed by atoms with Crippen molar-refractivity contribution in [3.63, 3.8) is 0 Å². The number of benzene rings is 2. The van der Waals surface area contributed by atoms with Crippen molar-refractivity contribution in [2.75, 3.05) is 22.5 Å². The normalized spacial score (nSPS) is 12.1. The fourth-order valence-corrected chi connectivity index (χ4v) is 3.88. The number of nitrogens with one attached hydrogen (secondary N) is 1. The highest BCUT2D eigenvalue weighted by Crippen LogP contribution is 2.23. The molecule has 0 heterocycles. The van der Waals surface area contributed by atoms with Crippen LogP contribution in [0, 0.1) is 0 Å². The second-order valence-electron chi connectivity index (χ2n) is 6.00. The van der Waals surface area contributed by atoms with E-state index < -0.39 is 27.9 Å². The molecule has 0 radical (unpaired) electrons. The zero-order valence-electron chi connectivity index (χ0n) is 15.7. The number of anilines is 2. The average Bonchev–Trinajstić information content (AvgIpc) is 2.62. The molecule has 0 aliphatic heterocycles. The molecule has 0 spiro atoms. The number of halogens is 1. The van der Waals surface area contributed by atoms with E-state index in [2.05, 4.69) is 5.32 Å². The Morgan fingerprint density at radius 3 is 2.39 bits per heavy atom. The predicted octanol–water partition coefficient (Wildman–Crippen LogP) is 3.31. The molecular formula is C19H21ClN2O5S. The lowest BCUT2D eigenvalue weighted by Crippen LogP contribution is -2.45. The Hall–Kier alpha value is -2.58. The smallest absolute Gasteiger partial charge is 0.338 e. The zero-order valence-corrected chi connectivity index (χ0v) is 17.3.